The molecule has 0 aliphatic rings. The number of benzene rings is 3. The van der Waals surface area contributed by atoms with Gasteiger partial charge in [0.25, 0.3) is 0 Å². The van der Waals surface area contributed by atoms with Crippen LogP contribution in [0.15, 0.2) is 66.7 Å². The third kappa shape index (κ3) is 5.86. The summed E-state index contributed by atoms with van der Waals surface area (Å²) in [4.78, 5) is 13.6. The van der Waals surface area contributed by atoms with Gasteiger partial charge in [0.1, 0.15) is 5.75 Å². The van der Waals surface area contributed by atoms with Crippen molar-refractivity contribution in [1.82, 2.24) is 0 Å². The maximum absolute atomic E-state index is 11.5. The molecule has 158 valence electrons. The largest absolute Gasteiger partial charge is 0.496 e. The van der Waals surface area contributed by atoms with Gasteiger partial charge in [-0.15, -0.1) is 0 Å². The van der Waals surface area contributed by atoms with Crippen LogP contribution in [0, 0.1) is 0 Å². The van der Waals surface area contributed by atoms with Gasteiger partial charge in [-0.3, -0.25) is 0 Å². The van der Waals surface area contributed by atoms with Crippen molar-refractivity contribution in [1.29, 1.82) is 0 Å². The Hall–Kier alpha value is -3.79. The monoisotopic (exact) mass is 413 g/mol. The normalized spacial score (nSPS) is 11.1. The predicted octanol–water partition coefficient (Wildman–Crippen LogP) is 5.89. The van der Waals surface area contributed by atoms with Gasteiger partial charge in [-0.2, -0.15) is 0 Å². The molecule has 0 radical (unpaired) electrons. The van der Waals surface area contributed by atoms with E-state index in [1.54, 1.807) is 19.2 Å². The molecule has 0 atom stereocenters. The second-order valence-electron chi connectivity index (χ2n) is 7.27. The summed E-state index contributed by atoms with van der Waals surface area (Å²) < 4.78 is 10.3. The van der Waals surface area contributed by atoms with E-state index in [1.807, 2.05) is 50.5 Å². The van der Waals surface area contributed by atoms with Gasteiger partial charge in [0, 0.05) is 25.3 Å². The third-order valence-corrected chi connectivity index (χ3v) is 4.92. The van der Waals surface area contributed by atoms with Crippen LogP contribution in [0.1, 0.15) is 32.6 Å². The highest BCUT2D eigenvalue weighted by molar-refractivity contribution is 5.89. The number of ether oxygens (including phenoxy) is 2. The second kappa shape index (κ2) is 10.3. The molecule has 4 nitrogen and oxygen atoms in total. The van der Waals surface area contributed by atoms with Crippen molar-refractivity contribution in [3.63, 3.8) is 0 Å². The molecule has 4 heteroatoms. The van der Waals surface area contributed by atoms with E-state index in [-0.39, 0.29) is 5.97 Å². The van der Waals surface area contributed by atoms with E-state index in [1.165, 1.54) is 12.8 Å². The van der Waals surface area contributed by atoms with Crippen LogP contribution >= 0.6 is 0 Å². The number of nitrogens with zero attached hydrogens (tertiary/aromatic N) is 1. The van der Waals surface area contributed by atoms with Crippen LogP contribution in [0.25, 0.3) is 24.3 Å². The Kier molecular flexibility index (Phi) is 7.28. The smallest absolute Gasteiger partial charge is 0.337 e. The number of esters is 1. The molecular weight excluding hydrogens is 386 g/mol. The zero-order chi connectivity index (χ0) is 22.2. The molecule has 31 heavy (non-hydrogen) atoms. The van der Waals surface area contributed by atoms with Crippen LogP contribution in [-0.4, -0.2) is 34.3 Å². The van der Waals surface area contributed by atoms with Crippen molar-refractivity contribution in [3.05, 3.63) is 94.5 Å². The topological polar surface area (TPSA) is 38.8 Å². The van der Waals surface area contributed by atoms with Gasteiger partial charge in [0.15, 0.2) is 0 Å². The van der Waals surface area contributed by atoms with Crippen LogP contribution in [0.5, 0.6) is 5.75 Å². The van der Waals surface area contributed by atoms with Crippen LogP contribution in [0.4, 0.5) is 5.69 Å². The van der Waals surface area contributed by atoms with Crippen LogP contribution in [0.2, 0.25) is 0 Å². The lowest BCUT2D eigenvalue weighted by molar-refractivity contribution is 0.0600. The van der Waals surface area contributed by atoms with Crippen molar-refractivity contribution >= 4 is 36.0 Å². The fourth-order valence-corrected chi connectivity index (χ4v) is 3.08. The number of methoxy groups -OCH3 is 2. The standard InChI is InChI=1S/C27H27NO3/c1-28(2)25-17-11-21(12-18-25)7-13-23-14-10-22(19-26(23)30-3)6-5-20-8-15-24(16-9-20)27(29)31-4/h5-19H,1-4H3. The van der Waals surface area contributed by atoms with Crippen LogP contribution in [0.3, 0.4) is 0 Å². The Morgan fingerprint density at radius 1 is 0.742 bits per heavy atom. The van der Waals surface area contributed by atoms with Crippen LogP contribution < -0.4 is 9.64 Å². The minimum atomic E-state index is -0.336. The number of carbonyl (C=O) groups excluding carboxylic acids is 1. The molecule has 0 saturated carbocycles. The third-order valence-electron chi connectivity index (χ3n) is 4.92. The van der Waals surface area contributed by atoms with Gasteiger partial charge in [0.05, 0.1) is 19.8 Å². The second-order valence-corrected chi connectivity index (χ2v) is 7.27. The SMILES string of the molecule is COC(=O)c1ccc(C=Cc2ccc(C=Cc3ccc(N(C)C)cc3)c(OC)c2)cc1. The summed E-state index contributed by atoms with van der Waals surface area (Å²) in [6, 6.07) is 21.8. The van der Waals surface area contributed by atoms with Crippen molar-refractivity contribution in [3.8, 4) is 5.75 Å². The first-order chi connectivity index (χ1) is 15.0. The summed E-state index contributed by atoms with van der Waals surface area (Å²) in [6.07, 6.45) is 8.15. The van der Waals surface area contributed by atoms with E-state index in [4.69, 9.17) is 9.47 Å². The Balaban J connectivity index is 1.73. The molecule has 0 bridgehead atoms. The Morgan fingerprint density at radius 3 is 1.87 bits per heavy atom. The highest BCUT2D eigenvalue weighted by Crippen LogP contribution is 2.24. The summed E-state index contributed by atoms with van der Waals surface area (Å²) in [6.45, 7) is 0. The number of hydrogen-bond donors (Lipinski definition) is 0. The number of carbonyl (C=O) groups is 1. The minimum Gasteiger partial charge on any atom is -0.496 e. The predicted molar refractivity (Wildman–Crippen MR) is 129 cm³/mol. The van der Waals surface area contributed by atoms with Gasteiger partial charge in [0.2, 0.25) is 0 Å². The fraction of sp³-hybridized carbons (Fsp3) is 0.148. The molecule has 3 rings (SSSR count). The lowest BCUT2D eigenvalue weighted by Gasteiger charge is -2.11. The number of anilines is 1. The van der Waals surface area contributed by atoms with Crippen molar-refractivity contribution in [2.24, 2.45) is 0 Å². The molecule has 0 fully saturated rings. The average Bonchev–Trinajstić information content (AvgIpc) is 2.81. The van der Waals surface area contributed by atoms with Crippen LogP contribution in [-0.2, 0) is 4.74 Å². The van der Waals surface area contributed by atoms with Crippen molar-refractivity contribution < 1.29 is 14.3 Å². The molecule has 0 aromatic heterocycles. The van der Waals surface area contributed by atoms with Gasteiger partial charge in [-0.25, -0.2) is 4.79 Å². The van der Waals surface area contributed by atoms with E-state index in [9.17, 15) is 4.79 Å². The summed E-state index contributed by atoms with van der Waals surface area (Å²) >= 11 is 0. The lowest BCUT2D eigenvalue weighted by Crippen LogP contribution is -2.07. The molecule has 3 aromatic carbocycles. The van der Waals surface area contributed by atoms with Crippen molar-refractivity contribution in [2.75, 3.05) is 33.2 Å². The molecule has 0 unspecified atom stereocenters. The first-order valence-electron chi connectivity index (χ1n) is 10.00. The molecule has 3 aromatic rings. The fourth-order valence-electron chi connectivity index (χ4n) is 3.08. The summed E-state index contributed by atoms with van der Waals surface area (Å²) in [5.74, 6) is 0.474. The summed E-state index contributed by atoms with van der Waals surface area (Å²) in [5, 5.41) is 0. The van der Waals surface area contributed by atoms with Crippen molar-refractivity contribution in [2.45, 2.75) is 0 Å². The molecule has 0 aliphatic heterocycles. The molecule has 0 N–H and O–H groups in total. The zero-order valence-electron chi connectivity index (χ0n) is 18.3. The molecule has 0 aliphatic carbocycles. The Bertz CT molecular complexity index is 1080. The summed E-state index contributed by atoms with van der Waals surface area (Å²) in [5.41, 5.74) is 5.88. The first kappa shape index (κ1) is 21.9. The molecular formula is C27H27NO3. The molecule has 0 heterocycles. The van der Waals surface area contributed by atoms with E-state index in [0.29, 0.717) is 5.56 Å². The van der Waals surface area contributed by atoms with E-state index >= 15 is 0 Å². The first-order valence-corrected chi connectivity index (χ1v) is 10.00. The average molecular weight is 414 g/mol. The Labute approximate surface area is 184 Å². The molecule has 0 spiro atoms. The zero-order valence-corrected chi connectivity index (χ0v) is 18.3. The summed E-state index contributed by atoms with van der Waals surface area (Å²) in [7, 11) is 7.12. The van der Waals surface area contributed by atoms with Gasteiger partial charge in [-0.05, 0) is 47.0 Å². The molecule has 0 saturated heterocycles. The maximum Gasteiger partial charge on any atom is 0.337 e. The minimum absolute atomic E-state index is 0.336. The van der Waals surface area contributed by atoms with E-state index in [0.717, 1.165) is 28.0 Å². The highest BCUT2D eigenvalue weighted by Gasteiger charge is 2.04. The number of rotatable bonds is 7. The molecule has 0 amide bonds. The lowest BCUT2D eigenvalue weighted by atomic mass is 10.1. The maximum atomic E-state index is 11.5. The van der Waals surface area contributed by atoms with Gasteiger partial charge in [-0.1, -0.05) is 60.7 Å². The van der Waals surface area contributed by atoms with E-state index in [2.05, 4.69) is 47.4 Å². The van der Waals surface area contributed by atoms with Gasteiger partial charge < -0.3 is 14.4 Å². The quantitative estimate of drug-likeness (QED) is 0.358. The Morgan fingerprint density at radius 2 is 1.29 bits per heavy atom. The number of hydrogen-bond acceptors (Lipinski definition) is 4. The highest BCUT2D eigenvalue weighted by atomic mass is 16.5. The van der Waals surface area contributed by atoms with Gasteiger partial charge >= 0.3 is 5.97 Å². The van der Waals surface area contributed by atoms with E-state index < -0.39 is 0 Å².